The maximum Gasteiger partial charge on any atom is 0.307 e. The second-order valence-electron chi connectivity index (χ2n) is 8.54. The molecule has 0 saturated carbocycles. The summed E-state index contributed by atoms with van der Waals surface area (Å²) >= 11 is 0. The van der Waals surface area contributed by atoms with Crippen molar-refractivity contribution in [3.63, 3.8) is 0 Å². The highest BCUT2D eigenvalue weighted by molar-refractivity contribution is 6.22. The van der Waals surface area contributed by atoms with Gasteiger partial charge in [0.05, 0.1) is 28.9 Å². The SMILES string of the molecule is CC(C)(N)c1cccc(N=C(c2cccc(CC(=O)O)c2)c2c(O)[nH]c3cc(F)ccc23)c1. The van der Waals surface area contributed by atoms with E-state index in [1.54, 1.807) is 30.3 Å². The van der Waals surface area contributed by atoms with Crippen LogP contribution in [-0.2, 0) is 16.8 Å². The molecule has 0 aliphatic heterocycles. The first kappa shape index (κ1) is 22.2. The third-order valence-corrected chi connectivity index (χ3v) is 5.36. The predicted molar refractivity (Wildman–Crippen MR) is 127 cm³/mol. The third kappa shape index (κ3) is 4.78. The molecule has 4 aromatic rings. The van der Waals surface area contributed by atoms with Gasteiger partial charge in [-0.1, -0.05) is 30.3 Å². The van der Waals surface area contributed by atoms with Gasteiger partial charge < -0.3 is 20.9 Å². The number of fused-ring (bicyclic) bond motifs is 1. The van der Waals surface area contributed by atoms with Gasteiger partial charge in [0.15, 0.2) is 5.88 Å². The van der Waals surface area contributed by atoms with E-state index < -0.39 is 17.3 Å². The average Bonchev–Trinajstić information content (AvgIpc) is 3.06. The van der Waals surface area contributed by atoms with Gasteiger partial charge in [-0.3, -0.25) is 4.79 Å². The van der Waals surface area contributed by atoms with Crippen molar-refractivity contribution in [3.05, 3.63) is 94.8 Å². The molecule has 4 rings (SSSR count). The molecular formula is C26H24FN3O3. The number of halogens is 1. The quantitative estimate of drug-likeness (QED) is 0.313. The number of nitrogens with zero attached hydrogens (tertiary/aromatic N) is 1. The lowest BCUT2D eigenvalue weighted by molar-refractivity contribution is -0.136. The summed E-state index contributed by atoms with van der Waals surface area (Å²) in [7, 11) is 0. The number of rotatable bonds is 6. The monoisotopic (exact) mass is 445 g/mol. The molecule has 0 aliphatic rings. The first-order valence-corrected chi connectivity index (χ1v) is 10.4. The number of carbonyl (C=O) groups is 1. The van der Waals surface area contributed by atoms with Gasteiger partial charge in [-0.2, -0.15) is 0 Å². The molecule has 0 aliphatic carbocycles. The summed E-state index contributed by atoms with van der Waals surface area (Å²) in [6.07, 6.45) is -0.150. The van der Waals surface area contributed by atoms with Crippen LogP contribution in [0, 0.1) is 5.82 Å². The fourth-order valence-electron chi connectivity index (χ4n) is 3.77. The Morgan fingerprint density at radius 1 is 1.09 bits per heavy atom. The highest BCUT2D eigenvalue weighted by Crippen LogP contribution is 2.33. The van der Waals surface area contributed by atoms with Crippen molar-refractivity contribution in [3.8, 4) is 5.88 Å². The first-order chi connectivity index (χ1) is 15.6. The Kier molecular flexibility index (Phi) is 5.74. The molecule has 7 heteroatoms. The standard InChI is InChI=1S/C26H24FN3O3/c1-26(2,28)17-7-4-8-19(13-17)29-24(16-6-3-5-15(11-16)12-22(31)32)23-20-10-9-18(27)14-21(20)30-25(23)33/h3-11,13-14,30,33H,12,28H2,1-2H3,(H,31,32). The summed E-state index contributed by atoms with van der Waals surface area (Å²) in [4.78, 5) is 18.9. The van der Waals surface area contributed by atoms with Crippen molar-refractivity contribution in [2.75, 3.05) is 0 Å². The van der Waals surface area contributed by atoms with Crippen molar-refractivity contribution in [2.45, 2.75) is 25.8 Å². The highest BCUT2D eigenvalue weighted by Gasteiger charge is 2.20. The van der Waals surface area contributed by atoms with Crippen LogP contribution in [-0.4, -0.2) is 26.9 Å². The second-order valence-corrected chi connectivity index (χ2v) is 8.54. The van der Waals surface area contributed by atoms with Gasteiger partial charge in [-0.25, -0.2) is 9.38 Å². The number of nitrogens with one attached hydrogen (secondary N) is 1. The van der Waals surface area contributed by atoms with Gasteiger partial charge in [0, 0.05) is 16.5 Å². The summed E-state index contributed by atoms with van der Waals surface area (Å²) in [5.41, 5.74) is 9.63. The van der Waals surface area contributed by atoms with E-state index in [1.807, 2.05) is 38.1 Å². The summed E-state index contributed by atoms with van der Waals surface area (Å²) < 4.78 is 13.8. The number of carboxylic acids is 1. The maximum atomic E-state index is 13.8. The van der Waals surface area contributed by atoms with E-state index in [9.17, 15) is 19.4 Å². The van der Waals surface area contributed by atoms with E-state index in [1.165, 1.54) is 12.1 Å². The van der Waals surface area contributed by atoms with E-state index in [0.29, 0.717) is 39.0 Å². The first-order valence-electron chi connectivity index (χ1n) is 10.4. The summed E-state index contributed by atoms with van der Waals surface area (Å²) in [6.45, 7) is 3.79. The fourth-order valence-corrected chi connectivity index (χ4v) is 3.77. The Bertz CT molecular complexity index is 1380. The van der Waals surface area contributed by atoms with E-state index in [-0.39, 0.29) is 12.3 Å². The molecule has 0 atom stereocenters. The lowest BCUT2D eigenvalue weighted by atomic mass is 9.95. The van der Waals surface area contributed by atoms with Crippen molar-refractivity contribution in [1.29, 1.82) is 0 Å². The van der Waals surface area contributed by atoms with Crippen LogP contribution in [0.2, 0.25) is 0 Å². The van der Waals surface area contributed by atoms with Crippen LogP contribution in [0.15, 0.2) is 71.7 Å². The maximum absolute atomic E-state index is 13.8. The minimum Gasteiger partial charge on any atom is -0.494 e. The van der Waals surface area contributed by atoms with Crippen LogP contribution in [0.5, 0.6) is 5.88 Å². The van der Waals surface area contributed by atoms with E-state index in [2.05, 4.69) is 4.98 Å². The van der Waals surface area contributed by atoms with Gasteiger partial charge in [0.1, 0.15) is 5.82 Å². The largest absolute Gasteiger partial charge is 0.494 e. The minimum atomic E-state index is -0.950. The zero-order valence-electron chi connectivity index (χ0n) is 18.3. The fraction of sp³-hybridized carbons (Fsp3) is 0.154. The Hall–Kier alpha value is -3.97. The van der Waals surface area contributed by atoms with Gasteiger partial charge in [-0.15, -0.1) is 0 Å². The molecule has 0 radical (unpaired) electrons. The van der Waals surface area contributed by atoms with Crippen LogP contribution in [0.3, 0.4) is 0 Å². The number of aromatic hydroxyl groups is 1. The highest BCUT2D eigenvalue weighted by atomic mass is 19.1. The number of hydrogen-bond donors (Lipinski definition) is 4. The second kappa shape index (κ2) is 8.52. The smallest absolute Gasteiger partial charge is 0.307 e. The number of nitrogens with two attached hydrogens (primary N) is 1. The Labute approximate surface area is 190 Å². The van der Waals surface area contributed by atoms with Gasteiger partial charge in [0.25, 0.3) is 0 Å². The number of aromatic amines is 1. The molecule has 0 fully saturated rings. The molecule has 33 heavy (non-hydrogen) atoms. The number of aliphatic carboxylic acids is 1. The molecule has 0 spiro atoms. The van der Waals surface area contributed by atoms with Crippen LogP contribution >= 0.6 is 0 Å². The molecule has 0 unspecified atom stereocenters. The summed E-state index contributed by atoms with van der Waals surface area (Å²) in [5.74, 6) is -1.54. The third-order valence-electron chi connectivity index (χ3n) is 5.36. The Morgan fingerprint density at radius 2 is 1.85 bits per heavy atom. The number of aliphatic imine (C=N–C) groups is 1. The van der Waals surface area contributed by atoms with Gasteiger partial charge >= 0.3 is 5.97 Å². The van der Waals surface area contributed by atoms with Crippen LogP contribution in [0.25, 0.3) is 10.9 Å². The molecule has 5 N–H and O–H groups in total. The van der Waals surface area contributed by atoms with Gasteiger partial charge in [0.2, 0.25) is 0 Å². The number of H-pyrrole nitrogens is 1. The molecule has 1 aromatic heterocycles. The van der Waals surface area contributed by atoms with Crippen molar-refractivity contribution < 1.29 is 19.4 Å². The van der Waals surface area contributed by atoms with Gasteiger partial charge in [-0.05, 0) is 61.4 Å². The number of aromatic nitrogens is 1. The van der Waals surface area contributed by atoms with Crippen LogP contribution < -0.4 is 5.73 Å². The van der Waals surface area contributed by atoms with Crippen LogP contribution in [0.4, 0.5) is 10.1 Å². The normalized spacial score (nSPS) is 12.3. The minimum absolute atomic E-state index is 0.150. The molecule has 3 aromatic carbocycles. The summed E-state index contributed by atoms with van der Waals surface area (Å²) in [5, 5.41) is 20.6. The molecule has 0 amide bonds. The zero-order valence-corrected chi connectivity index (χ0v) is 18.3. The van der Waals surface area contributed by atoms with E-state index in [0.717, 1.165) is 5.56 Å². The lowest BCUT2D eigenvalue weighted by Crippen LogP contribution is -2.28. The lowest BCUT2D eigenvalue weighted by Gasteiger charge is -2.19. The number of benzene rings is 3. The Morgan fingerprint density at radius 3 is 2.58 bits per heavy atom. The Balaban J connectivity index is 1.96. The molecule has 0 saturated heterocycles. The molecular weight excluding hydrogens is 421 g/mol. The number of carboxylic acid groups (broad SMARTS) is 1. The van der Waals surface area contributed by atoms with Crippen LogP contribution in [0.1, 0.15) is 36.1 Å². The predicted octanol–water partition coefficient (Wildman–Crippen LogP) is 5.00. The molecule has 6 nitrogen and oxygen atoms in total. The summed E-state index contributed by atoms with van der Waals surface area (Å²) in [6, 6.07) is 18.6. The van der Waals surface area contributed by atoms with E-state index >= 15 is 0 Å². The molecule has 168 valence electrons. The average molecular weight is 445 g/mol. The van der Waals surface area contributed by atoms with E-state index in [4.69, 9.17) is 10.7 Å². The molecule has 1 heterocycles. The van der Waals surface area contributed by atoms with Crippen molar-refractivity contribution in [2.24, 2.45) is 10.7 Å². The van der Waals surface area contributed by atoms with Crippen molar-refractivity contribution in [1.82, 2.24) is 4.98 Å². The van der Waals surface area contributed by atoms with Crippen molar-refractivity contribution >= 4 is 28.3 Å². The number of hydrogen-bond acceptors (Lipinski definition) is 4. The zero-order chi connectivity index (χ0) is 23.8. The topological polar surface area (TPSA) is 112 Å². The molecule has 0 bridgehead atoms.